The van der Waals surface area contributed by atoms with Crippen molar-refractivity contribution in [3.05, 3.63) is 22.2 Å². The molecule has 0 aliphatic carbocycles. The van der Waals surface area contributed by atoms with E-state index < -0.39 is 0 Å². The number of hydrogen-bond donors (Lipinski definition) is 2. The molecule has 60 valence electrons. The summed E-state index contributed by atoms with van der Waals surface area (Å²) < 4.78 is 0. The molecule has 1 rings (SSSR count). The largest absolute Gasteiger partial charge is 0.392 e. The van der Waals surface area contributed by atoms with Crippen molar-refractivity contribution in [1.82, 2.24) is 4.98 Å². The van der Waals surface area contributed by atoms with Gasteiger partial charge in [0, 0.05) is 6.20 Å². The van der Waals surface area contributed by atoms with E-state index in [2.05, 4.69) is 4.98 Å². The first-order valence-electron chi connectivity index (χ1n) is 3.19. The van der Waals surface area contributed by atoms with Gasteiger partial charge in [0.2, 0.25) is 0 Å². The van der Waals surface area contributed by atoms with Gasteiger partial charge in [-0.2, -0.15) is 0 Å². The van der Waals surface area contributed by atoms with E-state index >= 15 is 0 Å². The average molecular weight is 171 g/mol. The van der Waals surface area contributed by atoms with Crippen LogP contribution in [0, 0.1) is 0 Å². The van der Waals surface area contributed by atoms with E-state index in [1.807, 2.05) is 0 Å². The van der Waals surface area contributed by atoms with Gasteiger partial charge in [0.25, 0.3) is 0 Å². The maximum atomic E-state index is 8.67. The Morgan fingerprint density at radius 2 is 2.36 bits per heavy atom. The highest BCUT2D eigenvalue weighted by molar-refractivity contribution is 7.12. The van der Waals surface area contributed by atoms with Crippen LogP contribution in [0.15, 0.2) is 12.3 Å². The molecule has 0 aliphatic heterocycles. The Bertz CT molecular complexity index is 244. The van der Waals surface area contributed by atoms with Gasteiger partial charge < -0.3 is 10.2 Å². The van der Waals surface area contributed by atoms with Crippen LogP contribution < -0.4 is 0 Å². The topological polar surface area (TPSA) is 53.4 Å². The quantitative estimate of drug-likeness (QED) is 0.701. The van der Waals surface area contributed by atoms with Gasteiger partial charge >= 0.3 is 0 Å². The molecule has 0 bridgehead atoms. The molecule has 0 aromatic carbocycles. The summed E-state index contributed by atoms with van der Waals surface area (Å²) >= 11 is 1.41. The lowest BCUT2D eigenvalue weighted by molar-refractivity contribution is 0.285. The van der Waals surface area contributed by atoms with Crippen molar-refractivity contribution in [3.8, 4) is 0 Å². The number of aliphatic hydroxyl groups excluding tert-OH is 2. The van der Waals surface area contributed by atoms with Crippen molar-refractivity contribution < 1.29 is 10.2 Å². The number of aromatic nitrogens is 1. The van der Waals surface area contributed by atoms with Crippen molar-refractivity contribution in [2.24, 2.45) is 0 Å². The van der Waals surface area contributed by atoms with Crippen LogP contribution in [-0.2, 0) is 6.61 Å². The molecule has 1 aromatic heterocycles. The van der Waals surface area contributed by atoms with E-state index in [1.165, 1.54) is 11.3 Å². The summed E-state index contributed by atoms with van der Waals surface area (Å²) in [5.41, 5.74) is 0. The fourth-order valence-corrected chi connectivity index (χ4v) is 1.33. The molecule has 0 fully saturated rings. The molecular formula is C7H9NO2S. The molecule has 1 aromatic rings. The highest BCUT2D eigenvalue weighted by Gasteiger charge is 1.95. The van der Waals surface area contributed by atoms with Crippen LogP contribution in [0.5, 0.6) is 0 Å². The zero-order valence-electron chi connectivity index (χ0n) is 5.90. The molecular weight excluding hydrogens is 162 g/mol. The first kappa shape index (κ1) is 8.39. The molecule has 3 nitrogen and oxygen atoms in total. The normalized spacial score (nSPS) is 11.1. The molecule has 0 saturated heterocycles. The lowest BCUT2D eigenvalue weighted by Gasteiger charge is -1.81. The Morgan fingerprint density at radius 3 is 2.91 bits per heavy atom. The Kier molecular flexibility index (Phi) is 3.22. The SMILES string of the molecule is OCC=Cc1ncc(CO)s1. The Labute approximate surface area is 68.7 Å². The van der Waals surface area contributed by atoms with Crippen LogP contribution in [-0.4, -0.2) is 21.8 Å². The van der Waals surface area contributed by atoms with Gasteiger partial charge in [-0.3, -0.25) is 0 Å². The smallest absolute Gasteiger partial charge is 0.116 e. The standard InChI is InChI=1S/C7H9NO2S/c9-3-1-2-7-8-4-6(5-10)11-7/h1-2,4,9-10H,3,5H2. The van der Waals surface area contributed by atoms with Crippen LogP contribution in [0.2, 0.25) is 0 Å². The summed E-state index contributed by atoms with van der Waals surface area (Å²) in [5.74, 6) is 0. The third kappa shape index (κ3) is 2.42. The first-order chi connectivity index (χ1) is 5.36. The van der Waals surface area contributed by atoms with E-state index in [9.17, 15) is 0 Å². The first-order valence-corrected chi connectivity index (χ1v) is 4.01. The van der Waals surface area contributed by atoms with Gasteiger partial charge in [0.1, 0.15) is 5.01 Å². The van der Waals surface area contributed by atoms with Crippen molar-refractivity contribution in [2.45, 2.75) is 6.61 Å². The minimum absolute atomic E-state index is 0.0219. The molecule has 2 N–H and O–H groups in total. The zero-order valence-corrected chi connectivity index (χ0v) is 6.71. The minimum Gasteiger partial charge on any atom is -0.392 e. The van der Waals surface area contributed by atoms with E-state index in [0.29, 0.717) is 0 Å². The van der Waals surface area contributed by atoms with Crippen LogP contribution in [0.4, 0.5) is 0 Å². The zero-order chi connectivity index (χ0) is 8.10. The van der Waals surface area contributed by atoms with Crippen molar-refractivity contribution in [2.75, 3.05) is 6.61 Å². The second kappa shape index (κ2) is 4.23. The number of nitrogens with zero attached hydrogens (tertiary/aromatic N) is 1. The molecule has 0 amide bonds. The second-order valence-electron chi connectivity index (χ2n) is 1.91. The molecule has 0 unspecified atom stereocenters. The van der Waals surface area contributed by atoms with Crippen molar-refractivity contribution in [3.63, 3.8) is 0 Å². The molecule has 0 aliphatic rings. The number of rotatable bonds is 3. The van der Waals surface area contributed by atoms with Gasteiger partial charge in [-0.15, -0.1) is 11.3 Å². The lowest BCUT2D eigenvalue weighted by Crippen LogP contribution is -1.70. The highest BCUT2D eigenvalue weighted by Crippen LogP contribution is 2.13. The number of thiazole rings is 1. The van der Waals surface area contributed by atoms with Gasteiger partial charge in [-0.25, -0.2) is 4.98 Å². The Hall–Kier alpha value is -0.710. The highest BCUT2D eigenvalue weighted by atomic mass is 32.1. The number of aliphatic hydroxyl groups is 2. The maximum Gasteiger partial charge on any atom is 0.116 e. The van der Waals surface area contributed by atoms with Crippen LogP contribution in [0.3, 0.4) is 0 Å². The van der Waals surface area contributed by atoms with E-state index in [-0.39, 0.29) is 13.2 Å². The van der Waals surface area contributed by atoms with Crippen molar-refractivity contribution in [1.29, 1.82) is 0 Å². The van der Waals surface area contributed by atoms with Crippen LogP contribution in [0.1, 0.15) is 9.88 Å². The van der Waals surface area contributed by atoms with Crippen LogP contribution in [0.25, 0.3) is 6.08 Å². The predicted molar refractivity (Wildman–Crippen MR) is 44.2 cm³/mol. The average Bonchev–Trinajstić information content (AvgIpc) is 2.48. The summed E-state index contributed by atoms with van der Waals surface area (Å²) in [6.45, 7) is 0.0542. The van der Waals surface area contributed by atoms with Crippen LogP contribution >= 0.6 is 11.3 Å². The summed E-state index contributed by atoms with van der Waals surface area (Å²) in [4.78, 5) is 4.82. The number of hydrogen-bond acceptors (Lipinski definition) is 4. The van der Waals surface area contributed by atoms with E-state index in [0.717, 1.165) is 9.88 Å². The van der Waals surface area contributed by atoms with Gasteiger partial charge in [0.05, 0.1) is 18.1 Å². The Morgan fingerprint density at radius 1 is 1.55 bits per heavy atom. The van der Waals surface area contributed by atoms with E-state index in [4.69, 9.17) is 10.2 Å². The van der Waals surface area contributed by atoms with Gasteiger partial charge in [-0.05, 0) is 6.08 Å². The monoisotopic (exact) mass is 171 g/mol. The molecule has 0 spiro atoms. The third-order valence-corrected chi connectivity index (χ3v) is 2.04. The summed E-state index contributed by atoms with van der Waals surface area (Å²) in [5, 5.41) is 17.9. The summed E-state index contributed by atoms with van der Waals surface area (Å²) in [6, 6.07) is 0. The Balaban J connectivity index is 2.65. The fourth-order valence-electron chi connectivity index (χ4n) is 0.626. The third-order valence-electron chi connectivity index (χ3n) is 1.09. The van der Waals surface area contributed by atoms with Crippen molar-refractivity contribution >= 4 is 17.4 Å². The fraction of sp³-hybridized carbons (Fsp3) is 0.286. The molecule has 4 heteroatoms. The van der Waals surface area contributed by atoms with Gasteiger partial charge in [0.15, 0.2) is 0 Å². The molecule has 0 atom stereocenters. The predicted octanol–water partition coefficient (Wildman–Crippen LogP) is 0.641. The summed E-state index contributed by atoms with van der Waals surface area (Å²) in [6.07, 6.45) is 4.96. The molecule has 1 heterocycles. The molecule has 0 radical (unpaired) electrons. The molecule has 11 heavy (non-hydrogen) atoms. The summed E-state index contributed by atoms with van der Waals surface area (Å²) in [7, 11) is 0. The lowest BCUT2D eigenvalue weighted by atomic mass is 10.5. The van der Waals surface area contributed by atoms with Gasteiger partial charge in [-0.1, -0.05) is 6.08 Å². The second-order valence-corrected chi connectivity index (χ2v) is 3.05. The molecule has 0 saturated carbocycles. The van der Waals surface area contributed by atoms with E-state index in [1.54, 1.807) is 18.3 Å². The minimum atomic E-state index is 0.0219. The maximum absolute atomic E-state index is 8.67.